The topological polar surface area (TPSA) is 58.1 Å². The number of para-hydroxylation sites is 1. The second-order valence-corrected chi connectivity index (χ2v) is 6.60. The number of aliphatic imine (C=N–C) groups is 1. The molecule has 2 rings (SSSR count). The van der Waals surface area contributed by atoms with E-state index in [1.54, 1.807) is 0 Å². The SMILES string of the molecule is CN=C(NCCCCN(C)c1ccccc1)NCCCOC1CCOC1. The third kappa shape index (κ3) is 8.06. The number of nitrogens with zero attached hydrogens (tertiary/aromatic N) is 2. The minimum absolute atomic E-state index is 0.293. The van der Waals surface area contributed by atoms with Gasteiger partial charge in [-0.3, -0.25) is 4.99 Å². The van der Waals surface area contributed by atoms with Crippen molar-refractivity contribution in [3.05, 3.63) is 30.3 Å². The van der Waals surface area contributed by atoms with Crippen LogP contribution in [0.25, 0.3) is 0 Å². The molecule has 0 bridgehead atoms. The Kier molecular flexibility index (Phi) is 9.90. The van der Waals surface area contributed by atoms with Gasteiger partial charge in [0.2, 0.25) is 0 Å². The summed E-state index contributed by atoms with van der Waals surface area (Å²) in [5.74, 6) is 0.866. The molecule has 6 nitrogen and oxygen atoms in total. The van der Waals surface area contributed by atoms with Gasteiger partial charge in [0.05, 0.1) is 12.7 Å². The fourth-order valence-corrected chi connectivity index (χ4v) is 2.89. The molecule has 26 heavy (non-hydrogen) atoms. The van der Waals surface area contributed by atoms with Gasteiger partial charge < -0.3 is 25.0 Å². The van der Waals surface area contributed by atoms with E-state index < -0.39 is 0 Å². The van der Waals surface area contributed by atoms with Gasteiger partial charge in [-0.1, -0.05) is 18.2 Å². The van der Waals surface area contributed by atoms with Crippen LogP contribution in [0.2, 0.25) is 0 Å². The summed E-state index contributed by atoms with van der Waals surface area (Å²) in [6.07, 6.45) is 4.55. The Hall–Kier alpha value is -1.79. The van der Waals surface area contributed by atoms with Crippen LogP contribution < -0.4 is 15.5 Å². The van der Waals surface area contributed by atoms with E-state index in [9.17, 15) is 0 Å². The van der Waals surface area contributed by atoms with Gasteiger partial charge in [-0.15, -0.1) is 0 Å². The second-order valence-electron chi connectivity index (χ2n) is 6.60. The van der Waals surface area contributed by atoms with Gasteiger partial charge in [-0.25, -0.2) is 0 Å². The minimum Gasteiger partial charge on any atom is -0.379 e. The molecule has 6 heteroatoms. The van der Waals surface area contributed by atoms with Crippen LogP contribution in [-0.4, -0.2) is 65.6 Å². The largest absolute Gasteiger partial charge is 0.379 e. The first-order valence-electron chi connectivity index (χ1n) is 9.69. The van der Waals surface area contributed by atoms with Crippen molar-refractivity contribution in [3.8, 4) is 0 Å². The molecule has 0 spiro atoms. The molecule has 1 aromatic carbocycles. The first-order chi connectivity index (χ1) is 12.8. The van der Waals surface area contributed by atoms with E-state index in [-0.39, 0.29) is 0 Å². The highest BCUT2D eigenvalue weighted by molar-refractivity contribution is 5.79. The first kappa shape index (κ1) is 20.5. The zero-order valence-corrected chi connectivity index (χ0v) is 16.2. The Labute approximate surface area is 158 Å². The smallest absolute Gasteiger partial charge is 0.190 e. The molecular formula is C20H34N4O2. The highest BCUT2D eigenvalue weighted by Gasteiger charge is 2.15. The Balaban J connectivity index is 1.46. The van der Waals surface area contributed by atoms with Gasteiger partial charge in [0.25, 0.3) is 0 Å². The molecule has 1 unspecified atom stereocenters. The van der Waals surface area contributed by atoms with Gasteiger partial charge in [0, 0.05) is 52.6 Å². The summed E-state index contributed by atoms with van der Waals surface area (Å²) in [5, 5.41) is 6.71. The van der Waals surface area contributed by atoms with Crippen LogP contribution in [-0.2, 0) is 9.47 Å². The molecule has 0 saturated carbocycles. The fourth-order valence-electron chi connectivity index (χ4n) is 2.89. The van der Waals surface area contributed by atoms with Gasteiger partial charge >= 0.3 is 0 Å². The number of hydrogen-bond donors (Lipinski definition) is 2. The van der Waals surface area contributed by atoms with Crippen LogP contribution in [0.1, 0.15) is 25.7 Å². The van der Waals surface area contributed by atoms with Crippen LogP contribution in [0, 0.1) is 0 Å². The van der Waals surface area contributed by atoms with E-state index in [1.807, 2.05) is 7.05 Å². The maximum atomic E-state index is 5.76. The van der Waals surface area contributed by atoms with Crippen LogP contribution in [0.15, 0.2) is 35.3 Å². The lowest BCUT2D eigenvalue weighted by Crippen LogP contribution is -2.38. The van der Waals surface area contributed by atoms with Crippen LogP contribution in [0.5, 0.6) is 0 Å². The molecule has 1 aliphatic heterocycles. The van der Waals surface area contributed by atoms with Gasteiger partial charge in [0.1, 0.15) is 0 Å². The molecule has 1 fully saturated rings. The lowest BCUT2D eigenvalue weighted by Gasteiger charge is -2.19. The maximum absolute atomic E-state index is 5.76. The van der Waals surface area contributed by atoms with Crippen LogP contribution in [0.4, 0.5) is 5.69 Å². The highest BCUT2D eigenvalue weighted by Crippen LogP contribution is 2.11. The van der Waals surface area contributed by atoms with Gasteiger partial charge in [-0.2, -0.15) is 0 Å². The molecule has 0 amide bonds. The van der Waals surface area contributed by atoms with Crippen molar-refractivity contribution in [2.24, 2.45) is 4.99 Å². The number of rotatable bonds is 11. The van der Waals surface area contributed by atoms with Crippen molar-refractivity contribution >= 4 is 11.6 Å². The molecule has 0 aromatic heterocycles. The number of anilines is 1. The fraction of sp³-hybridized carbons (Fsp3) is 0.650. The number of hydrogen-bond acceptors (Lipinski definition) is 4. The number of guanidine groups is 1. The number of nitrogens with one attached hydrogen (secondary N) is 2. The summed E-state index contributed by atoms with van der Waals surface area (Å²) < 4.78 is 11.1. The van der Waals surface area contributed by atoms with E-state index >= 15 is 0 Å². The van der Waals surface area contributed by atoms with E-state index in [4.69, 9.17) is 9.47 Å². The summed E-state index contributed by atoms with van der Waals surface area (Å²) in [6.45, 7) is 5.20. The Morgan fingerprint density at radius 2 is 1.96 bits per heavy atom. The Bertz CT molecular complexity index is 504. The molecule has 0 radical (unpaired) electrons. The number of ether oxygens (including phenoxy) is 2. The maximum Gasteiger partial charge on any atom is 0.190 e. The third-order valence-electron chi connectivity index (χ3n) is 4.49. The monoisotopic (exact) mass is 362 g/mol. The van der Waals surface area contributed by atoms with Crippen molar-refractivity contribution in [3.63, 3.8) is 0 Å². The molecule has 0 aliphatic carbocycles. The zero-order chi connectivity index (χ0) is 18.5. The average molecular weight is 363 g/mol. The normalized spacial score (nSPS) is 17.3. The predicted molar refractivity (Wildman–Crippen MR) is 108 cm³/mol. The average Bonchev–Trinajstić information content (AvgIpc) is 3.20. The summed E-state index contributed by atoms with van der Waals surface area (Å²) in [7, 11) is 3.95. The van der Waals surface area contributed by atoms with Crippen molar-refractivity contribution in [1.82, 2.24) is 10.6 Å². The van der Waals surface area contributed by atoms with E-state index in [2.05, 4.69) is 57.9 Å². The summed E-state index contributed by atoms with van der Waals surface area (Å²) >= 11 is 0. The zero-order valence-electron chi connectivity index (χ0n) is 16.2. The van der Waals surface area contributed by atoms with Crippen molar-refractivity contribution in [2.75, 3.05) is 58.5 Å². The first-order valence-corrected chi connectivity index (χ1v) is 9.69. The van der Waals surface area contributed by atoms with Crippen molar-refractivity contribution in [2.45, 2.75) is 31.8 Å². The van der Waals surface area contributed by atoms with E-state index in [1.165, 1.54) is 5.69 Å². The lowest BCUT2D eigenvalue weighted by atomic mass is 10.2. The third-order valence-corrected chi connectivity index (χ3v) is 4.49. The molecule has 1 saturated heterocycles. The quantitative estimate of drug-likeness (QED) is 0.359. The second kappa shape index (κ2) is 12.5. The molecule has 146 valence electrons. The van der Waals surface area contributed by atoms with Gasteiger partial charge in [0.15, 0.2) is 5.96 Å². The lowest BCUT2D eigenvalue weighted by molar-refractivity contribution is 0.0420. The highest BCUT2D eigenvalue weighted by atomic mass is 16.5. The summed E-state index contributed by atoms with van der Waals surface area (Å²) in [4.78, 5) is 6.56. The number of unbranched alkanes of at least 4 members (excludes halogenated alkanes) is 1. The molecule has 1 atom stereocenters. The Morgan fingerprint density at radius 1 is 1.19 bits per heavy atom. The Morgan fingerprint density at radius 3 is 2.65 bits per heavy atom. The predicted octanol–water partition coefficient (Wildman–Crippen LogP) is 2.26. The van der Waals surface area contributed by atoms with Crippen LogP contribution in [0.3, 0.4) is 0 Å². The summed E-state index contributed by atoms with van der Waals surface area (Å²) in [6, 6.07) is 10.5. The standard InChI is InChI=1S/C20H34N4O2/c1-21-20(23-13-8-15-26-19-11-16-25-17-19)22-12-6-7-14-24(2)18-9-4-3-5-10-18/h3-5,9-10,19H,6-8,11-17H2,1-2H3,(H2,21,22,23). The van der Waals surface area contributed by atoms with E-state index in [0.717, 1.165) is 71.1 Å². The molecular weight excluding hydrogens is 328 g/mol. The van der Waals surface area contributed by atoms with Gasteiger partial charge in [-0.05, 0) is 37.8 Å². The molecule has 1 aromatic rings. The number of benzene rings is 1. The molecule has 2 N–H and O–H groups in total. The van der Waals surface area contributed by atoms with Crippen molar-refractivity contribution in [1.29, 1.82) is 0 Å². The van der Waals surface area contributed by atoms with E-state index in [0.29, 0.717) is 6.10 Å². The van der Waals surface area contributed by atoms with Crippen molar-refractivity contribution < 1.29 is 9.47 Å². The minimum atomic E-state index is 0.293. The van der Waals surface area contributed by atoms with Crippen LogP contribution >= 0.6 is 0 Å². The molecule has 1 heterocycles. The molecule has 1 aliphatic rings. The summed E-state index contributed by atoms with van der Waals surface area (Å²) in [5.41, 5.74) is 1.27.